The number of aliphatic hydroxyl groups excluding tert-OH is 1. The molecule has 1 amide bonds. The lowest BCUT2D eigenvalue weighted by Gasteiger charge is -2.16. The van der Waals surface area contributed by atoms with E-state index in [1.54, 1.807) is 18.5 Å². The molecule has 0 radical (unpaired) electrons. The van der Waals surface area contributed by atoms with Gasteiger partial charge in [-0.1, -0.05) is 0 Å². The number of aryl methyl sites for hydroxylation is 1. The molecule has 10 heteroatoms. The number of fused-ring (bicyclic) bond motifs is 1. The second-order valence-corrected chi connectivity index (χ2v) is 6.01. The Balaban J connectivity index is 2.03. The maximum atomic E-state index is 12.2. The van der Waals surface area contributed by atoms with Gasteiger partial charge in [0.25, 0.3) is 0 Å². The Bertz CT molecular complexity index is 916. The van der Waals surface area contributed by atoms with Gasteiger partial charge in [-0.2, -0.15) is 4.79 Å². The number of hydrogen-bond donors (Lipinski definition) is 3. The van der Waals surface area contributed by atoms with Gasteiger partial charge in [0, 0.05) is 32.3 Å². The summed E-state index contributed by atoms with van der Waals surface area (Å²) in [5.74, 6) is -2.78. The second kappa shape index (κ2) is 8.84. The molecule has 0 aliphatic heterocycles. The molecule has 2 aromatic rings. The van der Waals surface area contributed by atoms with E-state index in [2.05, 4.69) is 15.1 Å². The zero-order valence-corrected chi connectivity index (χ0v) is 14.6. The second-order valence-electron chi connectivity index (χ2n) is 6.01. The smallest absolute Gasteiger partial charge is 0.326 e. The SMILES string of the molecule is Cn1cc(CC(O)C(=O)NC(CCC(=O)C=[N+]=[N-])C(=O)O)c2ncccc21. The minimum Gasteiger partial charge on any atom is -0.480 e. The number of Topliss-reactive ketones (excluding diaryl/α,β-unsaturated/α-hetero) is 1. The Morgan fingerprint density at radius 1 is 1.44 bits per heavy atom. The van der Waals surface area contributed by atoms with Gasteiger partial charge in [0.2, 0.25) is 11.7 Å². The van der Waals surface area contributed by atoms with Crippen molar-refractivity contribution in [2.75, 3.05) is 0 Å². The van der Waals surface area contributed by atoms with E-state index in [1.807, 2.05) is 17.7 Å². The molecule has 27 heavy (non-hydrogen) atoms. The Labute approximate surface area is 154 Å². The summed E-state index contributed by atoms with van der Waals surface area (Å²) in [6.45, 7) is 0. The summed E-state index contributed by atoms with van der Waals surface area (Å²) in [5, 5.41) is 21.6. The third kappa shape index (κ3) is 5.06. The molecule has 2 rings (SSSR count). The molecule has 0 spiro atoms. The first kappa shape index (κ1) is 20.0. The molecule has 10 nitrogen and oxygen atoms in total. The van der Waals surface area contributed by atoms with Gasteiger partial charge in [0.15, 0.2) is 0 Å². The van der Waals surface area contributed by atoms with Gasteiger partial charge in [-0.25, -0.2) is 4.79 Å². The number of carboxylic acid groups (broad SMARTS) is 1. The van der Waals surface area contributed by atoms with Crippen LogP contribution in [0.15, 0.2) is 24.5 Å². The van der Waals surface area contributed by atoms with Crippen molar-refractivity contribution in [3.63, 3.8) is 0 Å². The van der Waals surface area contributed by atoms with Crippen molar-refractivity contribution in [1.29, 1.82) is 0 Å². The molecule has 0 saturated heterocycles. The highest BCUT2D eigenvalue weighted by molar-refractivity contribution is 6.25. The molecule has 2 aromatic heterocycles. The van der Waals surface area contributed by atoms with Crippen LogP contribution in [0.3, 0.4) is 0 Å². The highest BCUT2D eigenvalue weighted by atomic mass is 16.4. The van der Waals surface area contributed by atoms with Crippen LogP contribution in [0.2, 0.25) is 0 Å². The van der Waals surface area contributed by atoms with Gasteiger partial charge >= 0.3 is 12.2 Å². The number of aromatic nitrogens is 2. The number of nitrogens with zero attached hydrogens (tertiary/aromatic N) is 4. The Morgan fingerprint density at radius 3 is 2.85 bits per heavy atom. The maximum Gasteiger partial charge on any atom is 0.326 e. The van der Waals surface area contributed by atoms with Crippen molar-refractivity contribution >= 4 is 34.9 Å². The van der Waals surface area contributed by atoms with Crippen molar-refractivity contribution in [3.05, 3.63) is 35.6 Å². The number of carboxylic acids is 1. The standard InChI is InChI=1S/C17H19N5O5/c1-22-9-10(15-13(22)3-2-6-19-15)7-14(24)16(25)21-12(17(26)27)5-4-11(23)8-20-18/h2-3,6,8-9,12,14,24H,4-5,7H2,1H3,(H,21,25)(H,26,27). The summed E-state index contributed by atoms with van der Waals surface area (Å²) in [7, 11) is 1.81. The number of aliphatic carboxylic acids is 1. The molecule has 3 N–H and O–H groups in total. The Morgan fingerprint density at radius 2 is 2.19 bits per heavy atom. The van der Waals surface area contributed by atoms with E-state index >= 15 is 0 Å². The van der Waals surface area contributed by atoms with E-state index < -0.39 is 29.8 Å². The van der Waals surface area contributed by atoms with Crippen LogP contribution in [-0.2, 0) is 27.9 Å². The number of ketones is 1. The van der Waals surface area contributed by atoms with Crippen LogP contribution in [0.5, 0.6) is 0 Å². The Hall–Kier alpha value is -3.36. The summed E-state index contributed by atoms with van der Waals surface area (Å²) in [4.78, 5) is 41.5. The molecule has 0 saturated carbocycles. The van der Waals surface area contributed by atoms with Gasteiger partial charge in [-0.3, -0.25) is 14.6 Å². The fraction of sp³-hybridized carbons (Fsp3) is 0.353. The lowest BCUT2D eigenvalue weighted by molar-refractivity contribution is -0.143. The van der Waals surface area contributed by atoms with Gasteiger partial charge in [0.05, 0.1) is 11.0 Å². The Kier molecular flexibility index (Phi) is 6.53. The lowest BCUT2D eigenvalue weighted by atomic mass is 10.1. The molecular formula is C17H19N5O5. The molecule has 2 unspecified atom stereocenters. The third-order valence-electron chi connectivity index (χ3n) is 4.03. The van der Waals surface area contributed by atoms with E-state index in [0.29, 0.717) is 17.3 Å². The number of nitrogens with one attached hydrogen (secondary N) is 1. The fourth-order valence-electron chi connectivity index (χ4n) is 2.68. The van der Waals surface area contributed by atoms with Gasteiger partial charge in [0.1, 0.15) is 12.1 Å². The summed E-state index contributed by atoms with van der Waals surface area (Å²) >= 11 is 0. The van der Waals surface area contributed by atoms with Gasteiger partial charge in [-0.05, 0) is 24.1 Å². The van der Waals surface area contributed by atoms with Crippen LogP contribution in [0, 0.1) is 0 Å². The van der Waals surface area contributed by atoms with Crippen LogP contribution >= 0.6 is 0 Å². The fourth-order valence-corrected chi connectivity index (χ4v) is 2.68. The number of carbonyl (C=O) groups excluding carboxylic acids is 2. The highest BCUT2D eigenvalue weighted by Gasteiger charge is 2.26. The predicted molar refractivity (Wildman–Crippen MR) is 93.9 cm³/mol. The van der Waals surface area contributed by atoms with Crippen LogP contribution in [0.1, 0.15) is 18.4 Å². The number of pyridine rings is 1. The van der Waals surface area contributed by atoms with Crippen LogP contribution in [0.4, 0.5) is 0 Å². The lowest BCUT2D eigenvalue weighted by Crippen LogP contribution is -2.46. The number of amides is 1. The molecule has 142 valence electrons. The number of rotatable bonds is 9. The summed E-state index contributed by atoms with van der Waals surface area (Å²) in [6.07, 6.45) is 2.06. The van der Waals surface area contributed by atoms with E-state index in [-0.39, 0.29) is 19.3 Å². The molecule has 0 aromatic carbocycles. The average molecular weight is 373 g/mol. The zero-order valence-electron chi connectivity index (χ0n) is 14.6. The first-order chi connectivity index (χ1) is 12.8. The highest BCUT2D eigenvalue weighted by Crippen LogP contribution is 2.19. The summed E-state index contributed by atoms with van der Waals surface area (Å²) < 4.78 is 1.82. The third-order valence-corrected chi connectivity index (χ3v) is 4.03. The van der Waals surface area contributed by atoms with Crippen LogP contribution in [0.25, 0.3) is 16.6 Å². The number of carbonyl (C=O) groups is 3. The van der Waals surface area contributed by atoms with E-state index in [1.165, 1.54) is 0 Å². The van der Waals surface area contributed by atoms with Crippen LogP contribution in [-0.4, -0.2) is 60.6 Å². The topological polar surface area (TPSA) is 158 Å². The monoisotopic (exact) mass is 373 g/mol. The molecule has 2 heterocycles. The van der Waals surface area contributed by atoms with Gasteiger partial charge in [-0.15, -0.1) is 0 Å². The average Bonchev–Trinajstić information content (AvgIpc) is 2.94. The quantitative estimate of drug-likeness (QED) is 0.311. The molecule has 0 aliphatic rings. The number of hydrogen-bond acceptors (Lipinski definition) is 5. The van der Waals surface area contributed by atoms with Gasteiger partial charge < -0.3 is 25.6 Å². The molecule has 2 atom stereocenters. The minimum atomic E-state index is -1.48. The molecule has 0 fully saturated rings. The van der Waals surface area contributed by atoms with E-state index in [4.69, 9.17) is 5.53 Å². The zero-order chi connectivity index (χ0) is 20.0. The largest absolute Gasteiger partial charge is 0.480 e. The van der Waals surface area contributed by atoms with Crippen molar-refractivity contribution in [3.8, 4) is 0 Å². The molecule has 0 bridgehead atoms. The van der Waals surface area contributed by atoms with Crippen molar-refractivity contribution in [2.24, 2.45) is 7.05 Å². The van der Waals surface area contributed by atoms with Crippen LogP contribution < -0.4 is 5.32 Å². The summed E-state index contributed by atoms with van der Waals surface area (Å²) in [6, 6.07) is 2.27. The van der Waals surface area contributed by atoms with Crippen molar-refractivity contribution < 1.29 is 29.4 Å². The maximum absolute atomic E-state index is 12.2. The summed E-state index contributed by atoms with van der Waals surface area (Å²) in [5.41, 5.74) is 10.4. The normalized spacial score (nSPS) is 12.8. The predicted octanol–water partition coefficient (Wildman–Crippen LogP) is -0.304. The number of aliphatic hydroxyl groups is 1. The molecule has 0 aliphatic carbocycles. The van der Waals surface area contributed by atoms with Crippen molar-refractivity contribution in [2.45, 2.75) is 31.4 Å². The molecular weight excluding hydrogens is 354 g/mol. The first-order valence-corrected chi connectivity index (χ1v) is 8.14. The minimum absolute atomic E-state index is 0.0391. The van der Waals surface area contributed by atoms with E-state index in [0.717, 1.165) is 5.52 Å². The van der Waals surface area contributed by atoms with E-state index in [9.17, 15) is 24.6 Å². The van der Waals surface area contributed by atoms with Crippen molar-refractivity contribution in [1.82, 2.24) is 14.9 Å². The first-order valence-electron chi connectivity index (χ1n) is 8.14.